The second-order valence-corrected chi connectivity index (χ2v) is 6.93. The van der Waals surface area contributed by atoms with Crippen molar-refractivity contribution in [1.29, 1.82) is 0 Å². The van der Waals surface area contributed by atoms with E-state index in [1.807, 2.05) is 13.8 Å². The summed E-state index contributed by atoms with van der Waals surface area (Å²) in [6.07, 6.45) is 8.84. The molecular weight excluding hydrogens is 272 g/mol. The Kier molecular flexibility index (Phi) is 7.13. The van der Waals surface area contributed by atoms with Crippen molar-refractivity contribution in [1.82, 2.24) is 0 Å². The number of rotatable bonds is 4. The average Bonchev–Trinajstić information content (AvgIpc) is 2.43. The van der Waals surface area contributed by atoms with E-state index in [1.165, 1.54) is 30.4 Å². The van der Waals surface area contributed by atoms with E-state index in [0.717, 1.165) is 5.57 Å². The Morgan fingerprint density at radius 2 is 2.09 bits per heavy atom. The van der Waals surface area contributed by atoms with Crippen LogP contribution in [0.2, 0.25) is 0 Å². The van der Waals surface area contributed by atoms with Gasteiger partial charge in [-0.1, -0.05) is 50.3 Å². The third-order valence-electron chi connectivity index (χ3n) is 4.42. The predicted octanol–water partition coefficient (Wildman–Crippen LogP) is 4.01. The first-order valence-corrected chi connectivity index (χ1v) is 8.13. The highest BCUT2D eigenvalue weighted by atomic mass is 16.3. The Hall–Kier alpha value is -1.30. The molecule has 1 aliphatic carbocycles. The molecule has 0 fully saturated rings. The van der Waals surface area contributed by atoms with Crippen LogP contribution in [0.5, 0.6) is 0 Å². The molecule has 2 nitrogen and oxygen atoms in total. The van der Waals surface area contributed by atoms with Crippen molar-refractivity contribution < 1.29 is 10.2 Å². The van der Waals surface area contributed by atoms with Crippen molar-refractivity contribution >= 4 is 0 Å². The molecule has 0 aromatic heterocycles. The molecule has 0 spiro atoms. The summed E-state index contributed by atoms with van der Waals surface area (Å²) in [6.45, 7) is 10.6. The molecule has 0 amide bonds. The molecular formula is C20H30O2. The Bertz CT molecular complexity index is 524. The normalized spacial score (nSPS) is 21.5. The highest BCUT2D eigenvalue weighted by molar-refractivity contribution is 5.33. The molecule has 0 unspecified atom stereocenters. The minimum absolute atomic E-state index is 0.0193. The molecule has 0 radical (unpaired) electrons. The van der Waals surface area contributed by atoms with Gasteiger partial charge in [0.2, 0.25) is 0 Å². The SMILES string of the molecule is CC1=C(/C=C/[C@@H](C)[C@H](O)C#C/C(C)=C\CO)C(C)(C)CCC1. The van der Waals surface area contributed by atoms with Gasteiger partial charge in [-0.15, -0.1) is 0 Å². The van der Waals surface area contributed by atoms with Gasteiger partial charge < -0.3 is 10.2 Å². The third kappa shape index (κ3) is 5.48. The summed E-state index contributed by atoms with van der Waals surface area (Å²) in [4.78, 5) is 0. The lowest BCUT2D eigenvalue weighted by molar-refractivity contribution is 0.194. The second-order valence-electron chi connectivity index (χ2n) is 6.93. The minimum atomic E-state index is -0.689. The van der Waals surface area contributed by atoms with Crippen molar-refractivity contribution in [2.45, 2.75) is 60.0 Å². The van der Waals surface area contributed by atoms with Gasteiger partial charge in [-0.05, 0) is 55.7 Å². The molecule has 1 rings (SSSR count). The van der Waals surface area contributed by atoms with Crippen molar-refractivity contribution in [3.63, 3.8) is 0 Å². The second kappa shape index (κ2) is 8.36. The summed E-state index contributed by atoms with van der Waals surface area (Å²) in [5, 5.41) is 18.9. The van der Waals surface area contributed by atoms with Crippen LogP contribution in [0.3, 0.4) is 0 Å². The lowest BCUT2D eigenvalue weighted by atomic mass is 9.72. The lowest BCUT2D eigenvalue weighted by Gasteiger charge is -2.33. The maximum absolute atomic E-state index is 10.1. The summed E-state index contributed by atoms with van der Waals surface area (Å²) < 4.78 is 0. The van der Waals surface area contributed by atoms with E-state index in [2.05, 4.69) is 44.8 Å². The summed E-state index contributed by atoms with van der Waals surface area (Å²) in [6, 6.07) is 0. The molecule has 0 saturated heterocycles. The van der Waals surface area contributed by atoms with Gasteiger partial charge in [-0.2, -0.15) is 0 Å². The number of hydrogen-bond donors (Lipinski definition) is 2. The van der Waals surface area contributed by atoms with Gasteiger partial charge in [0.25, 0.3) is 0 Å². The van der Waals surface area contributed by atoms with Crippen LogP contribution in [0, 0.1) is 23.2 Å². The van der Waals surface area contributed by atoms with Gasteiger partial charge in [-0.25, -0.2) is 0 Å². The summed E-state index contributed by atoms with van der Waals surface area (Å²) in [7, 11) is 0. The quantitative estimate of drug-likeness (QED) is 0.770. The molecule has 0 aromatic rings. The number of aliphatic hydroxyl groups is 2. The highest BCUT2D eigenvalue weighted by Gasteiger charge is 2.26. The van der Waals surface area contributed by atoms with E-state index in [0.29, 0.717) is 0 Å². The van der Waals surface area contributed by atoms with Crippen molar-refractivity contribution in [3.05, 3.63) is 34.9 Å². The number of hydrogen-bond acceptors (Lipinski definition) is 2. The van der Waals surface area contributed by atoms with Crippen molar-refractivity contribution in [3.8, 4) is 11.8 Å². The standard InChI is InChI=1S/C20H30O2/c1-15(12-14-21)8-11-19(22)17(3)9-10-18-16(2)7-6-13-20(18,4)5/h9-10,12,17,19,21-22H,6-7,13-14H2,1-5H3/b10-9+,15-12-/t17-,19-/m1/s1. The Labute approximate surface area is 135 Å². The molecule has 1 aliphatic rings. The smallest absolute Gasteiger partial charge is 0.121 e. The van der Waals surface area contributed by atoms with Gasteiger partial charge in [0.1, 0.15) is 6.10 Å². The summed E-state index contributed by atoms with van der Waals surface area (Å²) in [5.74, 6) is 5.71. The minimum Gasteiger partial charge on any atom is -0.392 e. The molecule has 0 aromatic carbocycles. The zero-order valence-electron chi connectivity index (χ0n) is 14.6. The fourth-order valence-electron chi connectivity index (χ4n) is 2.87. The Morgan fingerprint density at radius 3 is 2.68 bits per heavy atom. The zero-order chi connectivity index (χ0) is 16.8. The molecule has 0 aliphatic heterocycles. The first kappa shape index (κ1) is 18.7. The molecule has 122 valence electrons. The van der Waals surface area contributed by atoms with Crippen LogP contribution >= 0.6 is 0 Å². The maximum atomic E-state index is 10.1. The molecule has 2 heteroatoms. The topological polar surface area (TPSA) is 40.5 Å². The van der Waals surface area contributed by atoms with Gasteiger partial charge in [0, 0.05) is 5.92 Å². The maximum Gasteiger partial charge on any atom is 0.121 e. The first-order chi connectivity index (χ1) is 10.3. The van der Waals surface area contributed by atoms with E-state index >= 15 is 0 Å². The van der Waals surface area contributed by atoms with Crippen LogP contribution < -0.4 is 0 Å². The van der Waals surface area contributed by atoms with Crippen LogP contribution in [-0.2, 0) is 0 Å². The summed E-state index contributed by atoms with van der Waals surface area (Å²) in [5.41, 5.74) is 3.86. The Balaban J connectivity index is 2.79. The van der Waals surface area contributed by atoms with Crippen LogP contribution in [-0.4, -0.2) is 22.9 Å². The van der Waals surface area contributed by atoms with Gasteiger partial charge in [0.15, 0.2) is 0 Å². The van der Waals surface area contributed by atoms with E-state index in [1.54, 1.807) is 6.08 Å². The molecule has 22 heavy (non-hydrogen) atoms. The molecule has 0 bridgehead atoms. The monoisotopic (exact) mass is 302 g/mol. The fraction of sp³-hybridized carbons (Fsp3) is 0.600. The lowest BCUT2D eigenvalue weighted by Crippen LogP contribution is -2.20. The van der Waals surface area contributed by atoms with Crippen LogP contribution in [0.25, 0.3) is 0 Å². The van der Waals surface area contributed by atoms with E-state index < -0.39 is 6.10 Å². The first-order valence-electron chi connectivity index (χ1n) is 8.13. The van der Waals surface area contributed by atoms with Gasteiger partial charge in [-0.3, -0.25) is 0 Å². The van der Waals surface area contributed by atoms with Crippen molar-refractivity contribution in [2.24, 2.45) is 11.3 Å². The Morgan fingerprint density at radius 1 is 1.41 bits per heavy atom. The van der Waals surface area contributed by atoms with Crippen LogP contribution in [0.15, 0.2) is 34.9 Å². The average molecular weight is 302 g/mol. The molecule has 2 N–H and O–H groups in total. The predicted molar refractivity (Wildman–Crippen MR) is 93.3 cm³/mol. The van der Waals surface area contributed by atoms with Gasteiger partial charge in [0.05, 0.1) is 6.61 Å². The molecule has 0 heterocycles. The number of aliphatic hydroxyl groups excluding tert-OH is 2. The van der Waals surface area contributed by atoms with E-state index in [9.17, 15) is 5.11 Å². The van der Waals surface area contributed by atoms with Crippen LogP contribution in [0.4, 0.5) is 0 Å². The highest BCUT2D eigenvalue weighted by Crippen LogP contribution is 2.40. The summed E-state index contributed by atoms with van der Waals surface area (Å²) >= 11 is 0. The molecule has 0 saturated carbocycles. The number of allylic oxidation sites excluding steroid dienone is 4. The van der Waals surface area contributed by atoms with E-state index in [-0.39, 0.29) is 17.9 Å². The molecule has 2 atom stereocenters. The largest absolute Gasteiger partial charge is 0.392 e. The fourth-order valence-corrected chi connectivity index (χ4v) is 2.87. The van der Waals surface area contributed by atoms with Crippen molar-refractivity contribution in [2.75, 3.05) is 6.61 Å². The van der Waals surface area contributed by atoms with Gasteiger partial charge >= 0.3 is 0 Å². The zero-order valence-corrected chi connectivity index (χ0v) is 14.6. The third-order valence-corrected chi connectivity index (χ3v) is 4.42. The van der Waals surface area contributed by atoms with E-state index in [4.69, 9.17) is 5.11 Å². The van der Waals surface area contributed by atoms with Crippen LogP contribution in [0.1, 0.15) is 53.9 Å².